The second kappa shape index (κ2) is 5.48. The smallest absolute Gasteiger partial charge is 0.337 e. The van der Waals surface area contributed by atoms with Crippen LogP contribution in [0, 0.1) is 10.1 Å². The van der Waals surface area contributed by atoms with Crippen molar-refractivity contribution < 1.29 is 14.5 Å². The van der Waals surface area contributed by atoms with Gasteiger partial charge in [-0.15, -0.1) is 0 Å². The number of nitrogens with zero attached hydrogens (tertiary/aromatic N) is 1. The summed E-state index contributed by atoms with van der Waals surface area (Å²) in [6, 6.07) is 3.51. The van der Waals surface area contributed by atoms with Crippen LogP contribution in [0.1, 0.15) is 0 Å². The molecule has 0 unspecified atom stereocenters. The first kappa shape index (κ1) is 12.5. The van der Waals surface area contributed by atoms with Crippen LogP contribution in [0.15, 0.2) is 29.8 Å². The van der Waals surface area contributed by atoms with Gasteiger partial charge in [-0.2, -0.15) is 0 Å². The highest BCUT2D eigenvalue weighted by molar-refractivity contribution is 6.32. The van der Waals surface area contributed by atoms with Gasteiger partial charge in [0.2, 0.25) is 0 Å². The first-order valence-corrected chi connectivity index (χ1v) is 4.78. The van der Waals surface area contributed by atoms with Crippen LogP contribution in [-0.2, 0) is 4.79 Å². The molecule has 0 amide bonds. The molecule has 0 bridgehead atoms. The molecule has 1 aromatic rings. The van der Waals surface area contributed by atoms with E-state index in [2.05, 4.69) is 0 Å². The highest BCUT2D eigenvalue weighted by Crippen LogP contribution is 2.28. The Bertz CT molecular complexity index is 459. The zero-order valence-electron chi connectivity index (χ0n) is 7.72. The lowest BCUT2D eigenvalue weighted by molar-refractivity contribution is -0.384. The zero-order valence-corrected chi connectivity index (χ0v) is 9.23. The van der Waals surface area contributed by atoms with Crippen LogP contribution >= 0.6 is 23.2 Å². The molecule has 7 heteroatoms. The monoisotopic (exact) mass is 261 g/mol. The Morgan fingerprint density at radius 2 is 2.19 bits per heavy atom. The minimum Gasteiger partial charge on any atom is -0.422 e. The summed E-state index contributed by atoms with van der Waals surface area (Å²) in [7, 11) is 0. The first-order valence-electron chi connectivity index (χ1n) is 3.97. The van der Waals surface area contributed by atoms with Crippen molar-refractivity contribution in [3.05, 3.63) is 44.9 Å². The minimum absolute atomic E-state index is 0.0227. The van der Waals surface area contributed by atoms with Gasteiger partial charge in [0.1, 0.15) is 5.75 Å². The number of ether oxygens (including phenoxy) is 1. The van der Waals surface area contributed by atoms with Crippen LogP contribution in [0.5, 0.6) is 5.75 Å². The van der Waals surface area contributed by atoms with Crippen LogP contribution in [0.25, 0.3) is 0 Å². The quantitative estimate of drug-likeness (QED) is 0.276. The summed E-state index contributed by atoms with van der Waals surface area (Å²) in [6.45, 7) is 0. The highest BCUT2D eigenvalue weighted by atomic mass is 35.5. The predicted octanol–water partition coefficient (Wildman–Crippen LogP) is 2.91. The van der Waals surface area contributed by atoms with Crippen LogP contribution < -0.4 is 4.74 Å². The first-order chi connectivity index (χ1) is 7.54. The average molecular weight is 262 g/mol. The maximum atomic E-state index is 11.0. The van der Waals surface area contributed by atoms with E-state index in [0.29, 0.717) is 0 Å². The van der Waals surface area contributed by atoms with Crippen molar-refractivity contribution in [3.63, 3.8) is 0 Å². The lowest BCUT2D eigenvalue weighted by Gasteiger charge is -2.02. The van der Waals surface area contributed by atoms with Crippen molar-refractivity contribution >= 4 is 34.9 Å². The third-order valence-electron chi connectivity index (χ3n) is 1.54. The molecule has 0 aliphatic carbocycles. The average Bonchev–Trinajstić information content (AvgIpc) is 2.21. The largest absolute Gasteiger partial charge is 0.422 e. The number of carbonyl (C=O) groups excluding carboxylic acids is 1. The van der Waals surface area contributed by atoms with Crippen molar-refractivity contribution in [1.29, 1.82) is 0 Å². The molecular weight excluding hydrogens is 257 g/mol. The molecule has 0 heterocycles. The SMILES string of the molecule is O=C(/C=C/Cl)Oc1ccc([N+](=O)[O-])cc1Cl. The molecule has 0 aromatic heterocycles. The molecule has 0 atom stereocenters. The van der Waals surface area contributed by atoms with E-state index < -0.39 is 10.9 Å². The summed E-state index contributed by atoms with van der Waals surface area (Å²) in [5, 5.41) is 10.4. The second-order valence-corrected chi connectivity index (χ2v) is 3.24. The lowest BCUT2D eigenvalue weighted by atomic mass is 10.3. The number of carbonyl (C=O) groups is 1. The van der Waals surface area contributed by atoms with Gasteiger partial charge in [0.25, 0.3) is 5.69 Å². The van der Waals surface area contributed by atoms with Crippen LogP contribution in [0.2, 0.25) is 5.02 Å². The summed E-state index contributed by atoms with van der Waals surface area (Å²) in [4.78, 5) is 20.8. The van der Waals surface area contributed by atoms with Gasteiger partial charge in [0, 0.05) is 23.7 Å². The number of esters is 1. The Kier molecular flexibility index (Phi) is 4.28. The number of rotatable bonds is 3. The highest BCUT2D eigenvalue weighted by Gasteiger charge is 2.11. The van der Waals surface area contributed by atoms with E-state index in [1.54, 1.807) is 0 Å². The molecule has 5 nitrogen and oxygen atoms in total. The maximum absolute atomic E-state index is 11.0. The van der Waals surface area contributed by atoms with Crippen molar-refractivity contribution in [2.75, 3.05) is 0 Å². The molecule has 0 aliphatic rings. The number of halogens is 2. The fraction of sp³-hybridized carbons (Fsp3) is 0. The molecule has 16 heavy (non-hydrogen) atoms. The van der Waals surface area contributed by atoms with Gasteiger partial charge in [0.05, 0.1) is 9.95 Å². The zero-order chi connectivity index (χ0) is 12.1. The number of hydrogen-bond donors (Lipinski definition) is 0. The Morgan fingerprint density at radius 3 is 2.69 bits per heavy atom. The lowest BCUT2D eigenvalue weighted by Crippen LogP contribution is -2.03. The molecule has 0 saturated heterocycles. The molecule has 1 aromatic carbocycles. The molecule has 0 spiro atoms. The fourth-order valence-electron chi connectivity index (χ4n) is 0.880. The van der Waals surface area contributed by atoms with Crippen LogP contribution in [0.4, 0.5) is 5.69 Å². The standard InChI is InChI=1S/C9H5Cl2NO4/c10-4-3-9(13)16-8-2-1-6(12(14)15)5-7(8)11/h1-5H/b4-3+. The van der Waals surface area contributed by atoms with E-state index in [0.717, 1.165) is 17.7 Å². The van der Waals surface area contributed by atoms with Gasteiger partial charge in [-0.1, -0.05) is 23.2 Å². The van der Waals surface area contributed by atoms with E-state index in [1.165, 1.54) is 12.1 Å². The summed E-state index contributed by atoms with van der Waals surface area (Å²) in [6.07, 6.45) is 0.985. The number of nitro benzene ring substituents is 1. The van der Waals surface area contributed by atoms with Crippen molar-refractivity contribution in [1.82, 2.24) is 0 Å². The van der Waals surface area contributed by atoms with E-state index in [1.807, 2.05) is 0 Å². The molecule has 0 radical (unpaired) electrons. The number of nitro groups is 1. The second-order valence-electron chi connectivity index (χ2n) is 2.59. The molecular formula is C9H5Cl2NO4. The molecule has 0 aliphatic heterocycles. The number of hydrogen-bond acceptors (Lipinski definition) is 4. The van der Waals surface area contributed by atoms with Crippen molar-refractivity contribution in [2.45, 2.75) is 0 Å². The van der Waals surface area contributed by atoms with Gasteiger partial charge in [0.15, 0.2) is 0 Å². The third-order valence-corrected chi connectivity index (χ3v) is 1.96. The topological polar surface area (TPSA) is 69.4 Å². The summed E-state index contributed by atoms with van der Waals surface area (Å²) in [5.41, 5.74) is 0.805. The van der Waals surface area contributed by atoms with E-state index in [-0.39, 0.29) is 16.5 Å². The van der Waals surface area contributed by atoms with Crippen molar-refractivity contribution in [3.8, 4) is 5.75 Å². The predicted molar refractivity (Wildman–Crippen MR) is 58.7 cm³/mol. The fourth-order valence-corrected chi connectivity index (χ4v) is 1.20. The summed E-state index contributed by atoms with van der Waals surface area (Å²) in [5.74, 6) is -0.683. The normalized spacial score (nSPS) is 10.4. The molecule has 0 N–H and O–H groups in total. The minimum atomic E-state index is -0.717. The van der Waals surface area contributed by atoms with Gasteiger partial charge >= 0.3 is 5.97 Å². The maximum Gasteiger partial charge on any atom is 0.337 e. The Labute approximate surface area is 100 Å². The Balaban J connectivity index is 2.91. The van der Waals surface area contributed by atoms with Crippen molar-refractivity contribution in [2.24, 2.45) is 0 Å². The van der Waals surface area contributed by atoms with Gasteiger partial charge in [-0.05, 0) is 6.07 Å². The van der Waals surface area contributed by atoms with Gasteiger partial charge < -0.3 is 4.74 Å². The Morgan fingerprint density at radius 1 is 1.50 bits per heavy atom. The van der Waals surface area contributed by atoms with E-state index in [9.17, 15) is 14.9 Å². The van der Waals surface area contributed by atoms with E-state index >= 15 is 0 Å². The summed E-state index contributed by atoms with van der Waals surface area (Å²) >= 11 is 10.8. The molecule has 0 saturated carbocycles. The molecule has 1 rings (SSSR count). The number of non-ortho nitro benzene ring substituents is 1. The van der Waals surface area contributed by atoms with Gasteiger partial charge in [-0.25, -0.2) is 4.79 Å². The van der Waals surface area contributed by atoms with E-state index in [4.69, 9.17) is 27.9 Å². The van der Waals surface area contributed by atoms with Gasteiger partial charge in [-0.3, -0.25) is 10.1 Å². The number of benzene rings is 1. The van der Waals surface area contributed by atoms with Crippen LogP contribution in [-0.4, -0.2) is 10.9 Å². The van der Waals surface area contributed by atoms with Crippen LogP contribution in [0.3, 0.4) is 0 Å². The Hall–Kier alpha value is -1.59. The molecule has 0 fully saturated rings. The molecule has 84 valence electrons. The summed E-state index contributed by atoms with van der Waals surface area (Å²) < 4.78 is 4.76. The third kappa shape index (κ3) is 3.22.